The summed E-state index contributed by atoms with van der Waals surface area (Å²) in [6, 6.07) is 21.2. The van der Waals surface area contributed by atoms with E-state index in [0.717, 1.165) is 44.7 Å². The van der Waals surface area contributed by atoms with E-state index in [0.29, 0.717) is 28.8 Å². The highest BCUT2D eigenvalue weighted by Gasteiger charge is 2.34. The number of ether oxygens (including phenoxy) is 1. The molecule has 174 valence electrons. The Hall–Kier alpha value is -2.06. The van der Waals surface area contributed by atoms with Crippen molar-refractivity contribution in [2.24, 2.45) is 0 Å². The Balaban J connectivity index is 1.41. The maximum absolute atomic E-state index is 12.8. The molecule has 0 aliphatic carbocycles. The number of rotatable bonds is 8. The number of imide groups is 1. The zero-order valence-electron chi connectivity index (χ0n) is 18.0. The molecule has 0 saturated carbocycles. The Morgan fingerprint density at radius 2 is 1.62 bits per heavy atom. The van der Waals surface area contributed by atoms with E-state index < -0.39 is 0 Å². The van der Waals surface area contributed by atoms with Crippen molar-refractivity contribution in [2.75, 3.05) is 6.54 Å². The van der Waals surface area contributed by atoms with Crippen LogP contribution >= 0.6 is 55.2 Å². The average Bonchev–Trinajstić information content (AvgIpc) is 3.07. The molecular formula is C26H20Br2ClNO3S. The molecule has 0 bridgehead atoms. The van der Waals surface area contributed by atoms with Gasteiger partial charge in [0, 0.05) is 11.6 Å². The van der Waals surface area contributed by atoms with Crippen molar-refractivity contribution in [1.82, 2.24) is 4.90 Å². The second kappa shape index (κ2) is 11.6. The van der Waals surface area contributed by atoms with Gasteiger partial charge in [-0.25, -0.2) is 0 Å². The molecule has 1 heterocycles. The van der Waals surface area contributed by atoms with Gasteiger partial charge in [-0.05, 0) is 103 Å². The first-order valence-electron chi connectivity index (χ1n) is 10.6. The number of hydrogen-bond donors (Lipinski definition) is 0. The van der Waals surface area contributed by atoms with Crippen LogP contribution in [0.1, 0.15) is 23.1 Å². The summed E-state index contributed by atoms with van der Waals surface area (Å²) in [5.74, 6) is 0.402. The number of aryl methyl sites for hydroxylation is 1. The van der Waals surface area contributed by atoms with Gasteiger partial charge in [0.1, 0.15) is 12.4 Å². The van der Waals surface area contributed by atoms with Crippen LogP contribution in [0.5, 0.6) is 5.75 Å². The summed E-state index contributed by atoms with van der Waals surface area (Å²) in [7, 11) is 0. The van der Waals surface area contributed by atoms with Crippen molar-refractivity contribution in [2.45, 2.75) is 19.4 Å². The number of carbonyl (C=O) groups excluding carboxylic acids is 2. The quantitative estimate of drug-likeness (QED) is 0.239. The molecule has 1 fully saturated rings. The topological polar surface area (TPSA) is 46.6 Å². The lowest BCUT2D eigenvalue weighted by molar-refractivity contribution is -0.122. The lowest BCUT2D eigenvalue weighted by atomic mass is 10.1. The Kier molecular flexibility index (Phi) is 8.53. The summed E-state index contributed by atoms with van der Waals surface area (Å²) >= 11 is 14.0. The predicted molar refractivity (Wildman–Crippen MR) is 145 cm³/mol. The lowest BCUT2D eigenvalue weighted by Crippen LogP contribution is -2.29. The smallest absolute Gasteiger partial charge is 0.293 e. The van der Waals surface area contributed by atoms with E-state index in [4.69, 9.17) is 16.3 Å². The second-order valence-electron chi connectivity index (χ2n) is 7.65. The minimum Gasteiger partial charge on any atom is -0.487 e. The summed E-state index contributed by atoms with van der Waals surface area (Å²) in [5, 5.41) is 0.446. The molecule has 4 nitrogen and oxygen atoms in total. The van der Waals surface area contributed by atoms with Gasteiger partial charge < -0.3 is 4.74 Å². The fourth-order valence-electron chi connectivity index (χ4n) is 3.47. The highest BCUT2D eigenvalue weighted by atomic mass is 79.9. The van der Waals surface area contributed by atoms with E-state index >= 15 is 0 Å². The number of halogens is 3. The van der Waals surface area contributed by atoms with E-state index in [1.54, 1.807) is 6.08 Å². The first-order valence-corrected chi connectivity index (χ1v) is 13.3. The Morgan fingerprint density at radius 3 is 2.29 bits per heavy atom. The third-order valence-corrected chi connectivity index (χ3v) is 7.52. The van der Waals surface area contributed by atoms with E-state index in [1.165, 1.54) is 10.5 Å². The molecule has 0 N–H and O–H groups in total. The van der Waals surface area contributed by atoms with Crippen LogP contribution < -0.4 is 4.74 Å². The molecule has 8 heteroatoms. The Bertz CT molecular complexity index is 1210. The maximum atomic E-state index is 12.8. The Morgan fingerprint density at radius 1 is 0.941 bits per heavy atom. The lowest BCUT2D eigenvalue weighted by Gasteiger charge is -2.12. The van der Waals surface area contributed by atoms with E-state index in [1.807, 2.05) is 66.7 Å². The van der Waals surface area contributed by atoms with Crippen LogP contribution in [0.15, 0.2) is 80.6 Å². The van der Waals surface area contributed by atoms with Crippen LogP contribution in [0, 0.1) is 0 Å². The first kappa shape index (κ1) is 25.0. The molecular weight excluding hydrogens is 602 g/mol. The predicted octanol–water partition coefficient (Wildman–Crippen LogP) is 8.11. The summed E-state index contributed by atoms with van der Waals surface area (Å²) in [4.78, 5) is 27.0. The number of carbonyl (C=O) groups is 2. The van der Waals surface area contributed by atoms with Crippen LogP contribution in [0.25, 0.3) is 6.08 Å². The van der Waals surface area contributed by atoms with Gasteiger partial charge in [0.15, 0.2) is 0 Å². The zero-order valence-corrected chi connectivity index (χ0v) is 22.7. The molecule has 0 atom stereocenters. The molecule has 0 radical (unpaired) electrons. The molecule has 2 amide bonds. The molecule has 0 aromatic heterocycles. The third-order valence-electron chi connectivity index (χ3n) is 5.18. The van der Waals surface area contributed by atoms with Crippen LogP contribution in [0.4, 0.5) is 4.79 Å². The molecule has 1 aliphatic rings. The third kappa shape index (κ3) is 6.33. The van der Waals surface area contributed by atoms with E-state index in [2.05, 4.69) is 31.9 Å². The fourth-order valence-corrected chi connectivity index (χ4v) is 5.91. The fraction of sp³-hybridized carbons (Fsp3) is 0.154. The normalized spacial score (nSPS) is 14.8. The SMILES string of the molecule is O=C1S/C(=C/c2cc(Br)c(OCc3ccc(Cl)cc3)c(Br)c2)C(=O)N1CCCc1ccccc1. The molecule has 34 heavy (non-hydrogen) atoms. The molecule has 4 rings (SSSR count). The van der Waals surface area contributed by atoms with E-state index in [9.17, 15) is 9.59 Å². The highest BCUT2D eigenvalue weighted by Crippen LogP contribution is 2.38. The number of benzene rings is 3. The number of amides is 2. The largest absolute Gasteiger partial charge is 0.487 e. The molecule has 1 aliphatic heterocycles. The first-order chi connectivity index (χ1) is 16.4. The van der Waals surface area contributed by atoms with Gasteiger partial charge in [0.05, 0.1) is 13.9 Å². The summed E-state index contributed by atoms with van der Waals surface area (Å²) < 4.78 is 7.44. The van der Waals surface area contributed by atoms with Crippen molar-refractivity contribution < 1.29 is 14.3 Å². The molecule has 0 spiro atoms. The van der Waals surface area contributed by atoms with Crippen LogP contribution in [0.3, 0.4) is 0 Å². The van der Waals surface area contributed by atoms with Crippen molar-refractivity contribution in [1.29, 1.82) is 0 Å². The summed E-state index contributed by atoms with van der Waals surface area (Å²) in [6.07, 6.45) is 3.28. The highest BCUT2D eigenvalue weighted by molar-refractivity contribution is 9.11. The monoisotopic (exact) mass is 619 g/mol. The minimum absolute atomic E-state index is 0.231. The van der Waals surface area contributed by atoms with Gasteiger partial charge in [-0.15, -0.1) is 0 Å². The van der Waals surface area contributed by atoms with Gasteiger partial charge in [0.25, 0.3) is 11.1 Å². The average molecular weight is 622 g/mol. The van der Waals surface area contributed by atoms with Crippen molar-refractivity contribution in [3.8, 4) is 5.75 Å². The standard InChI is InChI=1S/C26H20Br2ClNO3S/c27-21-13-19(14-22(28)24(21)33-16-18-8-10-20(29)11-9-18)15-23-25(31)30(26(32)34-23)12-4-7-17-5-2-1-3-6-17/h1-3,5-6,8-11,13-15H,4,7,12,16H2/b23-15+. The van der Waals surface area contributed by atoms with Gasteiger partial charge in [-0.1, -0.05) is 54.1 Å². The molecule has 3 aromatic carbocycles. The Labute approximate surface area is 224 Å². The van der Waals surface area contributed by atoms with Crippen molar-refractivity contribution >= 4 is 72.4 Å². The van der Waals surface area contributed by atoms with Crippen LogP contribution in [-0.2, 0) is 17.8 Å². The van der Waals surface area contributed by atoms with Gasteiger partial charge in [-0.3, -0.25) is 14.5 Å². The second-order valence-corrected chi connectivity index (χ2v) is 10.8. The van der Waals surface area contributed by atoms with E-state index in [-0.39, 0.29) is 11.1 Å². The van der Waals surface area contributed by atoms with Crippen LogP contribution in [0.2, 0.25) is 5.02 Å². The number of hydrogen-bond acceptors (Lipinski definition) is 4. The van der Waals surface area contributed by atoms with Gasteiger partial charge in [-0.2, -0.15) is 0 Å². The molecule has 3 aromatic rings. The number of thioether (sulfide) groups is 1. The molecule has 1 saturated heterocycles. The van der Waals surface area contributed by atoms with Crippen molar-refractivity contribution in [3.05, 3.63) is 102 Å². The van der Waals surface area contributed by atoms with Crippen LogP contribution in [-0.4, -0.2) is 22.6 Å². The molecule has 0 unspecified atom stereocenters. The van der Waals surface area contributed by atoms with Gasteiger partial charge >= 0.3 is 0 Å². The summed E-state index contributed by atoms with van der Waals surface area (Å²) in [5.41, 5.74) is 2.97. The maximum Gasteiger partial charge on any atom is 0.293 e. The summed E-state index contributed by atoms with van der Waals surface area (Å²) in [6.45, 7) is 0.789. The number of nitrogens with zero attached hydrogens (tertiary/aromatic N) is 1. The van der Waals surface area contributed by atoms with Crippen molar-refractivity contribution in [3.63, 3.8) is 0 Å². The minimum atomic E-state index is -0.252. The zero-order chi connectivity index (χ0) is 24.1. The van der Waals surface area contributed by atoms with Gasteiger partial charge in [0.2, 0.25) is 0 Å².